The third kappa shape index (κ3) is 4.21. The van der Waals surface area contributed by atoms with Crippen molar-refractivity contribution in [1.82, 2.24) is 0 Å². The van der Waals surface area contributed by atoms with Crippen LogP contribution in [-0.2, 0) is 0 Å². The zero-order valence-electron chi connectivity index (χ0n) is 7.85. The van der Waals surface area contributed by atoms with Crippen LogP contribution in [0.1, 0.15) is 0 Å². The van der Waals surface area contributed by atoms with Crippen LogP contribution in [-0.4, -0.2) is 11.9 Å². The summed E-state index contributed by atoms with van der Waals surface area (Å²) in [5.41, 5.74) is -0.127. The Kier molecular flexibility index (Phi) is 5.91. The normalized spacial score (nSPS) is 33.9. The smallest absolute Gasteiger partial charge is 0.0640 e. The van der Waals surface area contributed by atoms with Gasteiger partial charge in [-0.25, -0.2) is 0 Å². The first-order valence-corrected chi connectivity index (χ1v) is 15.2. The first-order valence-electron chi connectivity index (χ1n) is 4.39. The van der Waals surface area contributed by atoms with E-state index >= 15 is 0 Å². The quantitative estimate of drug-likeness (QED) is 0.354. The summed E-state index contributed by atoms with van der Waals surface area (Å²) in [7, 11) is 2.09. The molecule has 0 amide bonds. The second kappa shape index (κ2) is 6.68. The van der Waals surface area contributed by atoms with E-state index in [1.165, 1.54) is 16.8 Å². The molecule has 0 bridgehead atoms. The van der Waals surface area contributed by atoms with Crippen molar-refractivity contribution in [3.8, 4) is 0 Å². The number of benzene rings is 1. The Hall–Kier alpha value is 1.83. The van der Waals surface area contributed by atoms with Gasteiger partial charge in [0.15, 0.2) is 0 Å². The van der Waals surface area contributed by atoms with Crippen molar-refractivity contribution < 1.29 is 0 Å². The number of thiol groups is 3. The molecule has 1 heterocycles. The van der Waals surface area contributed by atoms with Gasteiger partial charge in [-0.2, -0.15) is 9.55 Å². The van der Waals surface area contributed by atoms with E-state index in [1.54, 1.807) is 0 Å². The van der Waals surface area contributed by atoms with Crippen LogP contribution in [0, 0.1) is 0 Å². The van der Waals surface area contributed by atoms with E-state index in [-0.39, 0.29) is 21.4 Å². The summed E-state index contributed by atoms with van der Waals surface area (Å²) in [6, 6.07) is 10.7. The molecule has 1 aliphatic heterocycles. The van der Waals surface area contributed by atoms with Gasteiger partial charge in [0.25, 0.3) is 0 Å². The lowest BCUT2D eigenvalue weighted by Gasteiger charge is -2.32. The molecule has 2 rings (SSSR count). The van der Waals surface area contributed by atoms with E-state index in [2.05, 4.69) is 42.6 Å². The molecule has 7 heteroatoms. The molecule has 3 atom stereocenters. The monoisotopic (exact) mass is 330 g/mol. The first kappa shape index (κ1) is 13.3. The van der Waals surface area contributed by atoms with Crippen molar-refractivity contribution in [3.63, 3.8) is 0 Å². The third-order valence-electron chi connectivity index (χ3n) is 1.79. The van der Waals surface area contributed by atoms with Gasteiger partial charge in [-0.15, -0.1) is 24.5 Å². The molecule has 0 spiro atoms. The van der Waals surface area contributed by atoms with Crippen LogP contribution in [0.3, 0.4) is 0 Å². The molecule has 1 aromatic carbocycles. The van der Waals surface area contributed by atoms with Crippen molar-refractivity contribution >= 4 is 67.7 Å². The van der Waals surface area contributed by atoms with E-state index in [1.807, 2.05) is 21.8 Å². The average Bonchev–Trinajstić information content (AvgIpc) is 2.24. The van der Waals surface area contributed by atoms with E-state index in [0.717, 1.165) is 0 Å². The molecular weight excluding hydrogens is 318 g/mol. The summed E-state index contributed by atoms with van der Waals surface area (Å²) in [5, 5.41) is 0. The largest absolute Gasteiger partial charge is 0.161 e. The number of hydrogen-bond donors (Lipinski definition) is 3. The third-order valence-corrected chi connectivity index (χ3v) is 27.3. The summed E-state index contributed by atoms with van der Waals surface area (Å²) < 4.78 is 0. The van der Waals surface area contributed by atoms with Gasteiger partial charge in [0.05, 0.1) is 5.53 Å². The summed E-state index contributed by atoms with van der Waals surface area (Å²) >= 11 is 11.4. The first-order chi connectivity index (χ1) is 7.25. The Morgan fingerprint density at radius 3 is 2.67 bits per heavy atom. The Balaban J connectivity index is 1.95. The Bertz CT molecular complexity index is 309. The predicted octanol–water partition coefficient (Wildman–Crippen LogP) is 5.84. The number of hydrogen-bond acceptors (Lipinski definition) is 4. The van der Waals surface area contributed by atoms with Crippen molar-refractivity contribution in [2.24, 2.45) is 0 Å². The summed E-state index contributed by atoms with van der Waals surface area (Å²) in [5.74, 6) is 1.34. The molecule has 0 radical (unpaired) electrons. The summed E-state index contributed by atoms with van der Waals surface area (Å²) in [6.07, 6.45) is 1.23. The molecule has 0 aromatic heterocycles. The SMILES string of the molecule is SP1CC[SH](Sc2ccccc2)P(S)S1. The second-order valence-electron chi connectivity index (χ2n) is 2.89. The zero-order valence-corrected chi connectivity index (χ0v) is 14.0. The van der Waals surface area contributed by atoms with E-state index in [4.69, 9.17) is 12.2 Å². The maximum absolute atomic E-state index is 4.75. The molecule has 1 saturated heterocycles. The molecule has 1 aliphatic rings. The van der Waals surface area contributed by atoms with Crippen LogP contribution in [0.25, 0.3) is 0 Å². The molecule has 15 heavy (non-hydrogen) atoms. The molecule has 0 N–H and O–H groups in total. The zero-order chi connectivity index (χ0) is 10.7. The highest BCUT2D eigenvalue weighted by atomic mass is 33.7. The fourth-order valence-corrected chi connectivity index (χ4v) is 32.2. The van der Waals surface area contributed by atoms with Crippen molar-refractivity contribution in [2.75, 3.05) is 11.9 Å². The van der Waals surface area contributed by atoms with Gasteiger partial charge >= 0.3 is 0 Å². The highest BCUT2D eigenvalue weighted by Crippen LogP contribution is 2.89. The minimum absolute atomic E-state index is 0.0401. The molecule has 0 aliphatic carbocycles. The summed E-state index contributed by atoms with van der Waals surface area (Å²) in [6.45, 7) is 0. The molecule has 1 aromatic rings. The van der Waals surface area contributed by atoms with Crippen molar-refractivity contribution in [2.45, 2.75) is 4.90 Å². The maximum atomic E-state index is 4.75. The van der Waals surface area contributed by atoms with Crippen LogP contribution in [0.15, 0.2) is 35.2 Å². The van der Waals surface area contributed by atoms with Gasteiger partial charge in [-0.3, -0.25) is 0 Å². The van der Waals surface area contributed by atoms with Gasteiger partial charge in [0.2, 0.25) is 0 Å². The van der Waals surface area contributed by atoms with Gasteiger partial charge in [-0.05, 0) is 24.0 Å². The van der Waals surface area contributed by atoms with Crippen molar-refractivity contribution in [3.05, 3.63) is 30.3 Å². The number of rotatable bonds is 2. The fraction of sp³-hybridized carbons (Fsp3) is 0.250. The highest BCUT2D eigenvalue weighted by molar-refractivity contribution is 9.36. The lowest BCUT2D eigenvalue weighted by atomic mass is 10.4. The van der Waals surface area contributed by atoms with Crippen LogP contribution in [0.2, 0.25) is 0 Å². The van der Waals surface area contributed by atoms with Crippen molar-refractivity contribution in [1.29, 1.82) is 0 Å². The summed E-state index contributed by atoms with van der Waals surface area (Å²) in [4.78, 5) is 1.40. The molecular formula is C8H12P2S5. The van der Waals surface area contributed by atoms with E-state index in [0.29, 0.717) is 0 Å². The second-order valence-corrected chi connectivity index (χ2v) is 22.3. The topological polar surface area (TPSA) is 0 Å². The van der Waals surface area contributed by atoms with Crippen LogP contribution >= 0.6 is 67.7 Å². The lowest BCUT2D eigenvalue weighted by Crippen LogP contribution is -1.89. The van der Waals surface area contributed by atoms with E-state index in [9.17, 15) is 0 Å². The molecule has 84 valence electrons. The van der Waals surface area contributed by atoms with Gasteiger partial charge < -0.3 is 0 Å². The maximum Gasteiger partial charge on any atom is 0.0640 e. The lowest BCUT2D eigenvalue weighted by molar-refractivity contribution is 1.48. The van der Waals surface area contributed by atoms with Gasteiger partial charge in [-0.1, -0.05) is 40.0 Å². The highest BCUT2D eigenvalue weighted by Gasteiger charge is 2.25. The Morgan fingerprint density at radius 2 is 2.00 bits per heavy atom. The minimum Gasteiger partial charge on any atom is -0.161 e. The average molecular weight is 330 g/mol. The minimum atomic E-state index is -0.127. The van der Waals surface area contributed by atoms with E-state index < -0.39 is 0 Å². The Morgan fingerprint density at radius 1 is 1.27 bits per heavy atom. The Labute approximate surface area is 114 Å². The van der Waals surface area contributed by atoms with Gasteiger partial charge in [0, 0.05) is 11.2 Å². The fourth-order valence-electron chi connectivity index (χ4n) is 1.11. The molecule has 3 unspecified atom stereocenters. The predicted molar refractivity (Wildman–Crippen MR) is 90.4 cm³/mol. The molecule has 0 nitrogen and oxygen atoms in total. The van der Waals surface area contributed by atoms with Gasteiger partial charge in [0.1, 0.15) is 0 Å². The molecule has 0 saturated carbocycles. The molecule has 1 fully saturated rings. The van der Waals surface area contributed by atoms with Crippen LogP contribution in [0.5, 0.6) is 0 Å². The van der Waals surface area contributed by atoms with Crippen LogP contribution in [0.4, 0.5) is 0 Å². The van der Waals surface area contributed by atoms with Crippen LogP contribution < -0.4 is 0 Å². The standard InChI is InChI=1S/C8H12P2S5/c11-9-6-7-15(10(12)14-9)13-8-4-2-1-3-5-8/h1-5,11-12,15H,6-7H2.